The molecule has 1 saturated carbocycles. The van der Waals surface area contributed by atoms with E-state index < -0.39 is 17.8 Å². The van der Waals surface area contributed by atoms with Crippen molar-refractivity contribution in [2.75, 3.05) is 6.54 Å². The molecule has 0 unspecified atom stereocenters. The molecule has 9 heteroatoms. The van der Waals surface area contributed by atoms with Crippen LogP contribution in [0.25, 0.3) is 5.65 Å². The van der Waals surface area contributed by atoms with Gasteiger partial charge in [0.1, 0.15) is 11.5 Å². The van der Waals surface area contributed by atoms with Crippen LogP contribution in [0, 0.1) is 0 Å². The van der Waals surface area contributed by atoms with E-state index in [4.69, 9.17) is 4.42 Å². The number of fused-ring (bicyclic) bond motifs is 1. The van der Waals surface area contributed by atoms with Gasteiger partial charge in [-0.25, -0.2) is 9.50 Å². The van der Waals surface area contributed by atoms with Crippen molar-refractivity contribution in [1.29, 1.82) is 0 Å². The third kappa shape index (κ3) is 2.85. The van der Waals surface area contributed by atoms with Gasteiger partial charge in [-0.15, -0.1) is 0 Å². The fourth-order valence-electron chi connectivity index (χ4n) is 3.82. The van der Waals surface area contributed by atoms with Crippen molar-refractivity contribution in [1.82, 2.24) is 19.5 Å². The molecule has 6 nitrogen and oxygen atoms in total. The monoisotopic (exact) mass is 390 g/mol. The average Bonchev–Trinajstić information content (AvgIpc) is 3.06. The molecule has 5 rings (SSSR count). The molecule has 28 heavy (non-hydrogen) atoms. The summed E-state index contributed by atoms with van der Waals surface area (Å²) < 4.78 is 46.8. The molecule has 1 saturated heterocycles. The Hall–Kier alpha value is -2.84. The molecule has 3 aromatic rings. The number of alkyl halides is 3. The van der Waals surface area contributed by atoms with Crippen molar-refractivity contribution < 1.29 is 22.4 Å². The highest BCUT2D eigenvalue weighted by Gasteiger charge is 2.38. The lowest BCUT2D eigenvalue weighted by Gasteiger charge is -2.22. The number of hydrogen-bond acceptors (Lipinski definition) is 4. The predicted molar refractivity (Wildman–Crippen MR) is 91.7 cm³/mol. The number of nitrogens with zero attached hydrogens (tertiary/aromatic N) is 4. The van der Waals surface area contributed by atoms with Gasteiger partial charge >= 0.3 is 6.18 Å². The molecule has 0 bridgehead atoms. The average molecular weight is 390 g/mol. The summed E-state index contributed by atoms with van der Waals surface area (Å²) in [6.45, 7) is 0.505. The third-order valence-electron chi connectivity index (χ3n) is 5.34. The summed E-state index contributed by atoms with van der Waals surface area (Å²) in [5, 5.41) is 3.97. The summed E-state index contributed by atoms with van der Waals surface area (Å²) in [5.41, 5.74) is -0.478. The molecule has 4 heterocycles. The van der Waals surface area contributed by atoms with Crippen LogP contribution in [0.15, 0.2) is 34.9 Å². The highest BCUT2D eigenvalue weighted by molar-refractivity contribution is 5.93. The van der Waals surface area contributed by atoms with Crippen LogP contribution in [0.4, 0.5) is 13.2 Å². The number of carbonyl (C=O) groups excluding carboxylic acids is 1. The first-order valence-electron chi connectivity index (χ1n) is 9.24. The number of halogens is 3. The van der Waals surface area contributed by atoms with Gasteiger partial charge in [0, 0.05) is 24.2 Å². The third-order valence-corrected chi connectivity index (χ3v) is 5.34. The first-order valence-corrected chi connectivity index (χ1v) is 9.24. The lowest BCUT2D eigenvalue weighted by Crippen LogP contribution is -2.30. The second kappa shape index (κ2) is 6.08. The molecular weight excluding hydrogens is 373 g/mol. The van der Waals surface area contributed by atoms with E-state index in [-0.39, 0.29) is 23.3 Å². The SMILES string of the molecule is O=C(c1cc2nc(C3CC3)cc(C(F)(F)F)n2n1)N1CCC[C@H]1c1ccco1. The molecule has 0 radical (unpaired) electrons. The topological polar surface area (TPSA) is 63.6 Å². The molecule has 2 fully saturated rings. The number of furan rings is 1. The zero-order chi connectivity index (χ0) is 19.5. The molecule has 0 N–H and O–H groups in total. The first kappa shape index (κ1) is 17.3. The van der Waals surface area contributed by atoms with Gasteiger partial charge in [0.25, 0.3) is 5.91 Å². The molecule has 1 amide bonds. The summed E-state index contributed by atoms with van der Waals surface area (Å²) in [7, 11) is 0. The number of likely N-dealkylation sites (tertiary alicyclic amines) is 1. The quantitative estimate of drug-likeness (QED) is 0.673. The van der Waals surface area contributed by atoms with E-state index in [0.29, 0.717) is 18.0 Å². The smallest absolute Gasteiger partial charge is 0.433 e. The largest absolute Gasteiger partial charge is 0.467 e. The molecule has 146 valence electrons. The summed E-state index contributed by atoms with van der Waals surface area (Å²) in [4.78, 5) is 18.9. The van der Waals surface area contributed by atoms with Gasteiger partial charge in [-0.1, -0.05) is 0 Å². The fourth-order valence-corrected chi connectivity index (χ4v) is 3.82. The van der Waals surface area contributed by atoms with Crippen molar-refractivity contribution in [3.05, 3.63) is 53.4 Å². The highest BCUT2D eigenvalue weighted by atomic mass is 19.4. The van der Waals surface area contributed by atoms with Gasteiger partial charge in [-0.2, -0.15) is 18.3 Å². The van der Waals surface area contributed by atoms with Gasteiger partial charge in [-0.05, 0) is 43.9 Å². The fraction of sp³-hybridized carbons (Fsp3) is 0.421. The number of carbonyl (C=O) groups is 1. The van der Waals surface area contributed by atoms with Gasteiger partial charge < -0.3 is 9.32 Å². The molecule has 2 aliphatic rings. The Morgan fingerprint density at radius 3 is 2.71 bits per heavy atom. The van der Waals surface area contributed by atoms with Gasteiger partial charge in [0.15, 0.2) is 11.3 Å². The van der Waals surface area contributed by atoms with Crippen LogP contribution < -0.4 is 0 Å². The molecule has 3 aromatic heterocycles. The van der Waals surface area contributed by atoms with Crippen LogP contribution in [0.5, 0.6) is 0 Å². The summed E-state index contributed by atoms with van der Waals surface area (Å²) in [6, 6.07) is 5.71. The number of rotatable bonds is 3. The Morgan fingerprint density at radius 1 is 1.21 bits per heavy atom. The number of amides is 1. The zero-order valence-electron chi connectivity index (χ0n) is 14.8. The van der Waals surface area contributed by atoms with E-state index in [1.54, 1.807) is 23.3 Å². The minimum Gasteiger partial charge on any atom is -0.467 e. The molecule has 1 aliphatic heterocycles. The van der Waals surface area contributed by atoms with Crippen LogP contribution in [0.1, 0.15) is 65.3 Å². The Labute approximate surface area is 157 Å². The zero-order valence-corrected chi connectivity index (χ0v) is 14.8. The van der Waals surface area contributed by atoms with E-state index in [9.17, 15) is 18.0 Å². The summed E-state index contributed by atoms with van der Waals surface area (Å²) in [5.74, 6) is 0.312. The lowest BCUT2D eigenvalue weighted by molar-refractivity contribution is -0.142. The molecule has 0 aromatic carbocycles. The summed E-state index contributed by atoms with van der Waals surface area (Å²) in [6.07, 6.45) is 0.159. The van der Waals surface area contributed by atoms with Gasteiger partial charge in [-0.3, -0.25) is 4.79 Å². The van der Waals surface area contributed by atoms with E-state index in [0.717, 1.165) is 36.3 Å². The van der Waals surface area contributed by atoms with Crippen molar-refractivity contribution in [2.24, 2.45) is 0 Å². The maximum atomic E-state index is 13.5. The molecule has 1 aliphatic carbocycles. The minimum absolute atomic E-state index is 0.0376. The van der Waals surface area contributed by atoms with Crippen LogP contribution in [0.3, 0.4) is 0 Å². The minimum atomic E-state index is -4.58. The van der Waals surface area contributed by atoms with Crippen LogP contribution in [0.2, 0.25) is 0 Å². The van der Waals surface area contributed by atoms with Crippen molar-refractivity contribution in [3.8, 4) is 0 Å². The van der Waals surface area contributed by atoms with Crippen molar-refractivity contribution in [2.45, 2.75) is 43.8 Å². The van der Waals surface area contributed by atoms with Gasteiger partial charge in [0.2, 0.25) is 0 Å². The van der Waals surface area contributed by atoms with Crippen LogP contribution in [-0.2, 0) is 6.18 Å². The van der Waals surface area contributed by atoms with Crippen molar-refractivity contribution in [3.63, 3.8) is 0 Å². The Balaban J connectivity index is 1.55. The Kier molecular flexibility index (Phi) is 3.75. The van der Waals surface area contributed by atoms with Gasteiger partial charge in [0.05, 0.1) is 12.3 Å². The number of hydrogen-bond donors (Lipinski definition) is 0. The lowest BCUT2D eigenvalue weighted by atomic mass is 10.1. The first-order chi connectivity index (χ1) is 13.4. The highest BCUT2D eigenvalue weighted by Crippen LogP contribution is 2.41. The second-order valence-corrected chi connectivity index (χ2v) is 7.31. The molecular formula is C19H17F3N4O2. The second-order valence-electron chi connectivity index (χ2n) is 7.31. The predicted octanol–water partition coefficient (Wildman–Crippen LogP) is 4.20. The standard InChI is InChI=1S/C19H17F3N4O2/c20-19(21,22)16-9-12(11-5-6-11)23-17-10-13(24-26(16)17)18(27)25-7-1-3-14(25)15-4-2-8-28-15/h2,4,8-11,14H,1,3,5-7H2/t14-/m0/s1. The Bertz CT molecular complexity index is 1040. The molecule has 0 spiro atoms. The van der Waals surface area contributed by atoms with Crippen LogP contribution >= 0.6 is 0 Å². The summed E-state index contributed by atoms with van der Waals surface area (Å²) >= 11 is 0. The normalized spacial score (nSPS) is 20.2. The number of aromatic nitrogens is 3. The maximum absolute atomic E-state index is 13.5. The maximum Gasteiger partial charge on any atom is 0.433 e. The van der Waals surface area contributed by atoms with E-state index in [2.05, 4.69) is 10.1 Å². The van der Waals surface area contributed by atoms with E-state index in [1.165, 1.54) is 6.07 Å². The van der Waals surface area contributed by atoms with E-state index in [1.807, 2.05) is 0 Å². The van der Waals surface area contributed by atoms with Crippen LogP contribution in [-0.4, -0.2) is 31.9 Å². The van der Waals surface area contributed by atoms with Crippen molar-refractivity contribution >= 4 is 11.6 Å². The van der Waals surface area contributed by atoms with E-state index >= 15 is 0 Å². The Morgan fingerprint density at radius 2 is 2.04 bits per heavy atom. The molecule has 1 atom stereocenters.